The first-order valence-electron chi connectivity index (χ1n) is 26.6. The molecule has 3 atom stereocenters. The zero-order valence-corrected chi connectivity index (χ0v) is 48.6. The standard InChI is InChI=1S/C21H22O6S.C20H20O4.C10H11NO2.C9H10O3.C7H7NO2/c1-3-13-26-21(23)18-11-9-17(10-12-18)14-19(22)20(27-28(2,24)25)15-16-7-5-4-6-8-16;1-2-12-24-20(23)17-10-8-16(9-11-17)14-19(22)18(21)13-15-6-4-3-5-7-15;1-2-7-13-10(12)8-3-5-9(11)6-4-8;10-8(9(11)12)6-7-4-2-1-3-5-7;8-6-3-1-5(2-4-6)7(9)10/h3-12,20H,1,13-15H2,2H3;2-11,18,21H,1,12-14H2;2-6H,1,7,11H2;1-5,8,10H,6H2,(H,11,12);1-4H,8H2,(H,9,10)/t20-;18-;;8-;/m11.1./s1. The molecule has 0 radical (unpaired) electrons. The topological polar surface area (TPSA) is 324 Å². The van der Waals surface area contributed by atoms with E-state index in [1.807, 2.05) is 66.7 Å². The van der Waals surface area contributed by atoms with Gasteiger partial charge in [-0.15, -0.1) is 0 Å². The second-order valence-corrected chi connectivity index (χ2v) is 20.2. The van der Waals surface area contributed by atoms with E-state index in [1.54, 1.807) is 109 Å². The SMILES string of the molecule is C=CCOC(=O)c1ccc(CC(=O)[C@@H](Cc2ccccc2)OS(C)(=O)=O)cc1.C=CCOC(=O)c1ccc(CC(=O)[C@H](O)Cc2ccccc2)cc1.C=CCOC(=O)c1ccc(N)cc1.Nc1ccc(C(=O)O)cc1.O=C(O)[C@H](O)Cc1ccccc1. The number of nitrogen functional groups attached to an aromatic ring is 2. The Morgan fingerprint density at radius 3 is 1.07 bits per heavy atom. The molecule has 87 heavy (non-hydrogen) atoms. The summed E-state index contributed by atoms with van der Waals surface area (Å²) in [5.41, 5.74) is 17.4. The summed E-state index contributed by atoms with van der Waals surface area (Å²) in [7, 11) is -3.80. The van der Waals surface area contributed by atoms with E-state index in [9.17, 15) is 47.1 Å². The smallest absolute Gasteiger partial charge is 0.338 e. The molecule has 0 fully saturated rings. The van der Waals surface area contributed by atoms with Crippen molar-refractivity contribution in [1.29, 1.82) is 0 Å². The third-order valence-electron chi connectivity index (χ3n) is 11.6. The van der Waals surface area contributed by atoms with Gasteiger partial charge < -0.3 is 46.1 Å². The number of ketones is 2. The van der Waals surface area contributed by atoms with Gasteiger partial charge in [-0.3, -0.25) is 13.8 Å². The molecule has 20 heteroatoms. The molecule has 8 N–H and O–H groups in total. The van der Waals surface area contributed by atoms with Crippen LogP contribution in [-0.4, -0.2) is 115 Å². The van der Waals surface area contributed by atoms with Gasteiger partial charge in [-0.2, -0.15) is 8.42 Å². The normalized spacial score (nSPS) is 11.3. The highest BCUT2D eigenvalue weighted by Crippen LogP contribution is 2.16. The van der Waals surface area contributed by atoms with Crippen LogP contribution in [0.1, 0.15) is 69.2 Å². The Morgan fingerprint density at radius 2 is 0.747 bits per heavy atom. The first kappa shape index (κ1) is 71.1. The monoisotopic (exact) mass is 1210 g/mol. The maximum absolute atomic E-state index is 12.7. The molecule has 0 aromatic heterocycles. The number of nitrogens with two attached hydrogens (primary N) is 2. The first-order valence-corrected chi connectivity index (χ1v) is 28.4. The van der Waals surface area contributed by atoms with Crippen molar-refractivity contribution in [1.82, 2.24) is 0 Å². The van der Waals surface area contributed by atoms with E-state index in [2.05, 4.69) is 19.7 Å². The predicted molar refractivity (Wildman–Crippen MR) is 330 cm³/mol. The second kappa shape index (κ2) is 38.7. The Labute approximate surface area is 505 Å². The van der Waals surface area contributed by atoms with E-state index in [4.69, 9.17) is 45.2 Å². The number of Topliss-reactive ketones (excluding diaryl/α,β-unsaturated/α-hetero) is 2. The number of ether oxygens (including phenoxy) is 3. The average Bonchev–Trinajstić information content (AvgIpc) is 3.72. The second-order valence-electron chi connectivity index (χ2n) is 18.6. The molecule has 0 spiro atoms. The third kappa shape index (κ3) is 29.3. The van der Waals surface area contributed by atoms with Crippen molar-refractivity contribution >= 4 is 62.9 Å². The van der Waals surface area contributed by atoms with Crippen LogP contribution in [0.15, 0.2) is 226 Å². The highest BCUT2D eigenvalue weighted by Gasteiger charge is 2.25. The lowest BCUT2D eigenvalue weighted by atomic mass is 9.99. The van der Waals surface area contributed by atoms with Crippen molar-refractivity contribution in [3.63, 3.8) is 0 Å². The lowest BCUT2D eigenvalue weighted by molar-refractivity contribution is -0.146. The van der Waals surface area contributed by atoms with Gasteiger partial charge in [0.25, 0.3) is 10.1 Å². The summed E-state index contributed by atoms with van der Waals surface area (Å²) in [5, 5.41) is 35.8. The Kier molecular flexibility index (Phi) is 31.6. The van der Waals surface area contributed by atoms with Crippen molar-refractivity contribution in [3.8, 4) is 0 Å². The number of esters is 3. The van der Waals surface area contributed by atoms with Gasteiger partial charge in [0, 0.05) is 43.5 Å². The fraction of sp³-hybridized carbons (Fsp3) is 0.179. The summed E-state index contributed by atoms with van der Waals surface area (Å²) in [5.74, 6) is -4.01. The van der Waals surface area contributed by atoms with Gasteiger partial charge in [0.15, 0.2) is 17.7 Å². The fourth-order valence-corrected chi connectivity index (χ4v) is 7.76. The summed E-state index contributed by atoms with van der Waals surface area (Å²) in [6.45, 7) is 10.9. The number of carboxylic acid groups (broad SMARTS) is 2. The van der Waals surface area contributed by atoms with Crippen LogP contribution in [0.4, 0.5) is 11.4 Å². The number of hydrogen-bond donors (Lipinski definition) is 6. The molecule has 7 rings (SSSR count). The number of rotatable bonds is 25. The average molecular weight is 1210 g/mol. The molecule has 0 aliphatic carbocycles. The minimum Gasteiger partial charge on any atom is -0.479 e. The molecule has 0 saturated carbocycles. The van der Waals surface area contributed by atoms with Crippen LogP contribution in [0.25, 0.3) is 0 Å². The zero-order valence-electron chi connectivity index (χ0n) is 47.8. The molecule has 0 bridgehead atoms. The largest absolute Gasteiger partial charge is 0.479 e. The minimum absolute atomic E-state index is 0.0188. The van der Waals surface area contributed by atoms with Gasteiger partial charge in [-0.05, 0) is 101 Å². The number of aromatic carboxylic acids is 1. The number of aliphatic carboxylic acids is 1. The Balaban J connectivity index is 0.000000301. The number of carbonyl (C=O) groups is 7. The molecular weight excluding hydrogens is 1140 g/mol. The van der Waals surface area contributed by atoms with Crippen molar-refractivity contribution < 1.29 is 80.8 Å². The molecule has 0 unspecified atom stereocenters. The summed E-state index contributed by atoms with van der Waals surface area (Å²) < 4.78 is 42.9. The molecule has 7 aromatic rings. The zero-order chi connectivity index (χ0) is 64.2. The Morgan fingerprint density at radius 1 is 0.437 bits per heavy atom. The quantitative estimate of drug-likeness (QED) is 0.0102. The number of carbonyl (C=O) groups excluding carboxylic acids is 5. The molecular formula is C67H70N2O17S. The number of anilines is 2. The van der Waals surface area contributed by atoms with Gasteiger partial charge in [0.2, 0.25) is 0 Å². The lowest BCUT2D eigenvalue weighted by Crippen LogP contribution is -2.30. The van der Waals surface area contributed by atoms with Crippen LogP contribution in [0.2, 0.25) is 0 Å². The molecule has 7 aromatic carbocycles. The number of aliphatic hydroxyl groups is 2. The van der Waals surface area contributed by atoms with Crippen molar-refractivity contribution in [2.75, 3.05) is 37.5 Å². The van der Waals surface area contributed by atoms with Crippen LogP contribution in [-0.2, 0) is 75.0 Å². The van der Waals surface area contributed by atoms with E-state index in [1.165, 1.54) is 30.4 Å². The summed E-state index contributed by atoms with van der Waals surface area (Å²) in [4.78, 5) is 80.0. The van der Waals surface area contributed by atoms with Crippen LogP contribution in [0.3, 0.4) is 0 Å². The van der Waals surface area contributed by atoms with E-state index in [-0.39, 0.29) is 68.6 Å². The summed E-state index contributed by atoms with van der Waals surface area (Å²) >= 11 is 0. The van der Waals surface area contributed by atoms with Gasteiger partial charge in [0.05, 0.1) is 28.5 Å². The van der Waals surface area contributed by atoms with Gasteiger partial charge in [-0.1, -0.05) is 153 Å². The molecule has 0 saturated heterocycles. The predicted octanol–water partition coefficient (Wildman–Crippen LogP) is 8.73. The number of carboxylic acids is 2. The first-order chi connectivity index (χ1) is 41.5. The van der Waals surface area contributed by atoms with E-state index >= 15 is 0 Å². The maximum Gasteiger partial charge on any atom is 0.338 e. The van der Waals surface area contributed by atoms with E-state index in [0.717, 1.165) is 28.5 Å². The van der Waals surface area contributed by atoms with Gasteiger partial charge in [-0.25, -0.2) is 24.0 Å². The van der Waals surface area contributed by atoms with Crippen molar-refractivity contribution in [2.45, 2.75) is 50.4 Å². The lowest BCUT2D eigenvalue weighted by Gasteiger charge is -2.15. The summed E-state index contributed by atoms with van der Waals surface area (Å²) in [6.07, 6.45) is 2.67. The van der Waals surface area contributed by atoms with Gasteiger partial charge >= 0.3 is 29.8 Å². The maximum atomic E-state index is 12.7. The number of aliphatic hydroxyl groups excluding tert-OH is 2. The van der Waals surface area contributed by atoms with Crippen LogP contribution in [0.5, 0.6) is 0 Å². The minimum atomic E-state index is -3.80. The van der Waals surface area contributed by atoms with Crippen molar-refractivity contribution in [3.05, 3.63) is 276 Å². The van der Waals surface area contributed by atoms with Crippen LogP contribution >= 0.6 is 0 Å². The van der Waals surface area contributed by atoms with E-state index < -0.39 is 52.3 Å². The van der Waals surface area contributed by atoms with E-state index in [0.29, 0.717) is 40.0 Å². The highest BCUT2D eigenvalue weighted by atomic mass is 32.2. The Hall–Kier alpha value is -10.1. The molecule has 0 aliphatic rings. The van der Waals surface area contributed by atoms with Crippen molar-refractivity contribution in [2.24, 2.45) is 0 Å². The van der Waals surface area contributed by atoms with Crippen LogP contribution < -0.4 is 11.5 Å². The molecule has 0 amide bonds. The molecule has 19 nitrogen and oxygen atoms in total. The molecule has 0 heterocycles. The van der Waals surface area contributed by atoms with Gasteiger partial charge in [0.1, 0.15) is 32.0 Å². The highest BCUT2D eigenvalue weighted by molar-refractivity contribution is 7.86. The number of benzene rings is 7. The fourth-order valence-electron chi connectivity index (χ4n) is 7.17. The summed E-state index contributed by atoms with van der Waals surface area (Å²) in [6, 6.07) is 53.0. The molecule has 0 aliphatic heterocycles. The number of hydrogen-bond acceptors (Lipinski definition) is 17. The Bertz CT molecular complexity index is 3420. The van der Waals surface area contributed by atoms with Crippen LogP contribution in [0, 0.1) is 0 Å². The molecule has 456 valence electrons. The third-order valence-corrected chi connectivity index (χ3v) is 12.1.